The van der Waals surface area contributed by atoms with Gasteiger partial charge in [-0.05, 0) is 38.9 Å². The summed E-state index contributed by atoms with van der Waals surface area (Å²) >= 11 is 0. The lowest BCUT2D eigenvalue weighted by Gasteiger charge is -2.48. The third-order valence-electron chi connectivity index (χ3n) is 5.28. The molecule has 1 aromatic rings. The maximum atomic E-state index is 11.8. The van der Waals surface area contributed by atoms with Gasteiger partial charge in [-0.25, -0.2) is 9.59 Å². The molecule has 7 nitrogen and oxygen atoms in total. The van der Waals surface area contributed by atoms with Crippen LogP contribution in [0.1, 0.15) is 51.0 Å². The molecule has 1 aliphatic rings. The van der Waals surface area contributed by atoms with Crippen LogP contribution in [0.15, 0.2) is 42.5 Å². The summed E-state index contributed by atoms with van der Waals surface area (Å²) in [5, 5.41) is 15.6. The van der Waals surface area contributed by atoms with Gasteiger partial charge in [-0.15, -0.1) is 0 Å². The van der Waals surface area contributed by atoms with Gasteiger partial charge < -0.3 is 19.8 Å². The summed E-state index contributed by atoms with van der Waals surface area (Å²) in [5.74, 6) is -2.08. The molecule has 0 heterocycles. The lowest BCUT2D eigenvalue weighted by molar-refractivity contribution is -0.172. The van der Waals surface area contributed by atoms with Crippen LogP contribution in [0, 0.1) is 5.92 Å². The zero-order valence-electron chi connectivity index (χ0n) is 18.2. The van der Waals surface area contributed by atoms with Gasteiger partial charge in [0.1, 0.15) is 5.60 Å². The highest BCUT2D eigenvalue weighted by atomic mass is 16.6. The molecule has 1 aromatic carbocycles. The molecule has 30 heavy (non-hydrogen) atoms. The summed E-state index contributed by atoms with van der Waals surface area (Å²) < 4.78 is 6.04. The highest BCUT2D eigenvalue weighted by Crippen LogP contribution is 2.48. The average molecular weight is 420 g/mol. The Hall–Kier alpha value is -2.67. The van der Waals surface area contributed by atoms with Crippen molar-refractivity contribution in [3.63, 3.8) is 0 Å². The van der Waals surface area contributed by atoms with Crippen LogP contribution in [-0.2, 0) is 19.1 Å². The minimum atomic E-state index is -1.26. The van der Waals surface area contributed by atoms with Crippen LogP contribution in [0.5, 0.6) is 0 Å². The van der Waals surface area contributed by atoms with E-state index < -0.39 is 11.9 Å². The van der Waals surface area contributed by atoms with E-state index in [1.54, 1.807) is 6.92 Å². The number of hydrogen-bond acceptors (Lipinski definition) is 5. The largest absolute Gasteiger partial charge is 0.478 e. The molecule has 0 saturated heterocycles. The van der Waals surface area contributed by atoms with Crippen molar-refractivity contribution >= 4 is 17.9 Å². The van der Waals surface area contributed by atoms with E-state index in [0.717, 1.165) is 25.8 Å². The first kappa shape index (κ1) is 25.4. The zero-order chi connectivity index (χ0) is 22.7. The highest BCUT2D eigenvalue weighted by molar-refractivity contribution is 5.89. The summed E-state index contributed by atoms with van der Waals surface area (Å²) in [5.41, 5.74) is 0.921. The topological polar surface area (TPSA) is 104 Å². The first-order valence-electron chi connectivity index (χ1n) is 10.1. The number of carbonyl (C=O) groups excluding carboxylic acids is 1. The van der Waals surface area contributed by atoms with Gasteiger partial charge in [-0.3, -0.25) is 4.79 Å². The number of ether oxygens (including phenoxy) is 1. The summed E-state index contributed by atoms with van der Waals surface area (Å²) in [4.78, 5) is 33.1. The Kier molecular flexibility index (Phi) is 10.3. The second kappa shape index (κ2) is 12.1. The van der Waals surface area contributed by atoms with Crippen LogP contribution in [-0.4, -0.2) is 59.3 Å². The Bertz CT molecular complexity index is 714. The second-order valence-corrected chi connectivity index (χ2v) is 7.93. The first-order chi connectivity index (χ1) is 14.1. The van der Waals surface area contributed by atoms with E-state index >= 15 is 0 Å². The molecule has 3 atom stereocenters. The SMILES string of the molecule is CC(=O)OC1(C(C)CN(C)C)CCCCC1c1ccccc1.O=C(O)C=CC(=O)O. The lowest BCUT2D eigenvalue weighted by Crippen LogP contribution is -2.51. The molecule has 0 aliphatic heterocycles. The van der Waals surface area contributed by atoms with E-state index in [-0.39, 0.29) is 11.6 Å². The van der Waals surface area contributed by atoms with Crippen LogP contribution in [0.3, 0.4) is 0 Å². The van der Waals surface area contributed by atoms with Crippen molar-refractivity contribution in [2.24, 2.45) is 5.92 Å². The summed E-state index contributed by atoms with van der Waals surface area (Å²) in [7, 11) is 4.16. The molecule has 2 rings (SSSR count). The number of carbonyl (C=O) groups is 3. The van der Waals surface area contributed by atoms with Gasteiger partial charge in [0.05, 0.1) is 0 Å². The number of nitrogens with zero attached hydrogens (tertiary/aromatic N) is 1. The number of carboxylic acids is 2. The molecule has 1 fully saturated rings. The summed E-state index contributed by atoms with van der Waals surface area (Å²) in [6.07, 6.45) is 5.51. The molecule has 2 N–H and O–H groups in total. The summed E-state index contributed by atoms with van der Waals surface area (Å²) in [6, 6.07) is 10.6. The van der Waals surface area contributed by atoms with Crippen molar-refractivity contribution in [1.82, 2.24) is 4.90 Å². The molecule has 0 bridgehead atoms. The maximum Gasteiger partial charge on any atom is 0.328 e. The number of aliphatic carboxylic acids is 2. The van der Waals surface area contributed by atoms with Gasteiger partial charge in [0.25, 0.3) is 0 Å². The van der Waals surface area contributed by atoms with Gasteiger partial charge in [0, 0.05) is 37.5 Å². The van der Waals surface area contributed by atoms with Crippen molar-refractivity contribution in [1.29, 1.82) is 0 Å². The molecule has 0 aromatic heterocycles. The van der Waals surface area contributed by atoms with Crippen molar-refractivity contribution < 1.29 is 29.3 Å². The molecule has 1 aliphatic carbocycles. The predicted octanol–water partition coefficient (Wildman–Crippen LogP) is 3.56. The van der Waals surface area contributed by atoms with Crippen molar-refractivity contribution in [3.05, 3.63) is 48.0 Å². The van der Waals surface area contributed by atoms with Crippen LogP contribution in [0.4, 0.5) is 0 Å². The number of hydrogen-bond donors (Lipinski definition) is 2. The fourth-order valence-corrected chi connectivity index (χ4v) is 4.23. The Balaban J connectivity index is 0.000000479. The minimum absolute atomic E-state index is 0.159. The Morgan fingerprint density at radius 1 is 1.13 bits per heavy atom. The molecular formula is C23H33NO6. The quantitative estimate of drug-likeness (QED) is 0.514. The molecule has 0 amide bonds. The fraction of sp³-hybridized carbons (Fsp3) is 0.522. The minimum Gasteiger partial charge on any atom is -0.478 e. The number of rotatable bonds is 7. The Morgan fingerprint density at radius 2 is 1.70 bits per heavy atom. The van der Waals surface area contributed by atoms with Crippen LogP contribution < -0.4 is 0 Å². The molecule has 7 heteroatoms. The lowest BCUT2D eigenvalue weighted by atomic mass is 9.66. The van der Waals surface area contributed by atoms with E-state index in [1.807, 2.05) is 6.07 Å². The van der Waals surface area contributed by atoms with Gasteiger partial charge in [-0.2, -0.15) is 0 Å². The van der Waals surface area contributed by atoms with Crippen molar-refractivity contribution in [2.75, 3.05) is 20.6 Å². The smallest absolute Gasteiger partial charge is 0.328 e. The summed E-state index contributed by atoms with van der Waals surface area (Å²) in [6.45, 7) is 4.70. The number of esters is 1. The standard InChI is InChI=1S/C19H29NO2.C4H4O4/c1-15(14-20(3)4)19(22-16(2)21)13-9-8-12-18(19)17-10-6-5-7-11-17;5-3(6)1-2-4(7)8/h5-7,10-11,15,18H,8-9,12-14H2,1-4H3;1-2H,(H,5,6)(H,7,8). The van der Waals surface area contributed by atoms with Gasteiger partial charge in [0.15, 0.2) is 0 Å². The molecular weight excluding hydrogens is 386 g/mol. The van der Waals surface area contributed by atoms with Crippen LogP contribution in [0.2, 0.25) is 0 Å². The van der Waals surface area contributed by atoms with E-state index in [2.05, 4.69) is 50.2 Å². The maximum absolute atomic E-state index is 11.8. The monoisotopic (exact) mass is 419 g/mol. The normalized spacial score (nSPS) is 22.1. The third-order valence-corrected chi connectivity index (χ3v) is 5.28. The van der Waals surface area contributed by atoms with Crippen molar-refractivity contribution in [2.45, 2.75) is 51.0 Å². The first-order valence-corrected chi connectivity index (χ1v) is 10.1. The zero-order valence-corrected chi connectivity index (χ0v) is 18.2. The Morgan fingerprint density at radius 3 is 2.17 bits per heavy atom. The van der Waals surface area contributed by atoms with Crippen molar-refractivity contribution in [3.8, 4) is 0 Å². The van der Waals surface area contributed by atoms with E-state index in [4.69, 9.17) is 14.9 Å². The van der Waals surface area contributed by atoms with E-state index in [9.17, 15) is 14.4 Å². The van der Waals surface area contributed by atoms with Crippen LogP contribution in [0.25, 0.3) is 0 Å². The highest BCUT2D eigenvalue weighted by Gasteiger charge is 2.48. The van der Waals surface area contributed by atoms with E-state index in [1.165, 1.54) is 12.0 Å². The number of carboxylic acid groups (broad SMARTS) is 2. The average Bonchev–Trinajstić information content (AvgIpc) is 2.67. The third kappa shape index (κ3) is 7.99. The van der Waals surface area contributed by atoms with E-state index in [0.29, 0.717) is 24.0 Å². The van der Waals surface area contributed by atoms with Gasteiger partial charge in [0.2, 0.25) is 0 Å². The molecule has 3 unspecified atom stereocenters. The number of benzene rings is 1. The van der Waals surface area contributed by atoms with Crippen LogP contribution >= 0.6 is 0 Å². The molecule has 0 radical (unpaired) electrons. The fourth-order valence-electron chi connectivity index (χ4n) is 4.23. The Labute approximate surface area is 178 Å². The second-order valence-electron chi connectivity index (χ2n) is 7.93. The molecule has 1 saturated carbocycles. The molecule has 166 valence electrons. The predicted molar refractivity (Wildman–Crippen MR) is 114 cm³/mol. The molecule has 0 spiro atoms. The van der Waals surface area contributed by atoms with Gasteiger partial charge >= 0.3 is 17.9 Å². The van der Waals surface area contributed by atoms with Gasteiger partial charge in [-0.1, -0.05) is 43.7 Å².